The predicted octanol–water partition coefficient (Wildman–Crippen LogP) is 0.875. The summed E-state index contributed by atoms with van der Waals surface area (Å²) in [5.74, 6) is 0.237. The molecule has 0 saturated carbocycles. The van der Waals surface area contributed by atoms with E-state index in [0.717, 1.165) is 63.0 Å². The first-order valence-corrected chi connectivity index (χ1v) is 8.88. The third-order valence-corrected chi connectivity index (χ3v) is 5.19. The van der Waals surface area contributed by atoms with Crippen molar-refractivity contribution in [1.82, 2.24) is 25.3 Å². The molecule has 7 heteroatoms. The van der Waals surface area contributed by atoms with E-state index in [-0.39, 0.29) is 18.5 Å². The number of hydrogen-bond acceptors (Lipinski definition) is 4. The molecule has 1 aromatic heterocycles. The Kier molecular flexibility index (Phi) is 5.18. The fraction of sp³-hybridized carbons (Fsp3) is 0.706. The smallest absolute Gasteiger partial charge is 0.342 e. The molecule has 0 radical (unpaired) electrons. The molecule has 0 unspecified atom stereocenters. The van der Waals surface area contributed by atoms with Gasteiger partial charge in [0.05, 0.1) is 17.9 Å². The van der Waals surface area contributed by atoms with E-state index in [1.807, 2.05) is 0 Å². The van der Waals surface area contributed by atoms with Crippen LogP contribution >= 0.6 is 0 Å². The molecule has 1 saturated heterocycles. The molecule has 1 aliphatic carbocycles. The van der Waals surface area contributed by atoms with Crippen LogP contribution in [0.25, 0.3) is 0 Å². The largest absolute Gasteiger partial charge is 0.358 e. The van der Waals surface area contributed by atoms with E-state index < -0.39 is 0 Å². The minimum Gasteiger partial charge on any atom is -0.358 e. The maximum absolute atomic E-state index is 12.5. The molecule has 2 N–H and O–H groups in total. The summed E-state index contributed by atoms with van der Waals surface area (Å²) in [5.41, 5.74) is 3.45. The molecule has 7 nitrogen and oxygen atoms in total. The molecule has 2 aliphatic rings. The van der Waals surface area contributed by atoms with Crippen LogP contribution in [0.5, 0.6) is 0 Å². The number of piperidine rings is 1. The van der Waals surface area contributed by atoms with Crippen molar-refractivity contribution in [3.8, 4) is 0 Å². The molecule has 1 aromatic rings. The van der Waals surface area contributed by atoms with Crippen molar-refractivity contribution in [2.45, 2.75) is 44.4 Å². The van der Waals surface area contributed by atoms with E-state index in [2.05, 4.69) is 22.6 Å². The second-order valence-corrected chi connectivity index (χ2v) is 6.84. The Morgan fingerprint density at radius 1 is 1.21 bits per heavy atom. The highest BCUT2D eigenvalue weighted by Crippen LogP contribution is 2.34. The molecular weight excluding hydrogens is 306 g/mol. The quantitative estimate of drug-likeness (QED) is 0.860. The van der Waals surface area contributed by atoms with E-state index in [1.165, 1.54) is 10.2 Å². The maximum Gasteiger partial charge on any atom is 0.342 e. The highest BCUT2D eigenvalue weighted by molar-refractivity contribution is 5.84. The summed E-state index contributed by atoms with van der Waals surface area (Å²) in [5, 5.41) is 9.87. The summed E-state index contributed by atoms with van der Waals surface area (Å²) in [6, 6.07) is -0.295. The lowest BCUT2D eigenvalue weighted by Crippen LogP contribution is -2.38. The molecule has 2 amide bonds. The lowest BCUT2D eigenvalue weighted by molar-refractivity contribution is -0.119. The summed E-state index contributed by atoms with van der Waals surface area (Å²) in [6.45, 7) is 2.14. The Hall–Kier alpha value is -1.89. The van der Waals surface area contributed by atoms with Gasteiger partial charge in [-0.15, -0.1) is 0 Å². The van der Waals surface area contributed by atoms with Crippen LogP contribution in [0.3, 0.4) is 0 Å². The first kappa shape index (κ1) is 17.0. The minimum atomic E-state index is -0.295. The fourth-order valence-electron chi connectivity index (χ4n) is 3.72. The average Bonchev–Trinajstić information content (AvgIpc) is 3.00. The van der Waals surface area contributed by atoms with Crippen LogP contribution in [0, 0.1) is 0 Å². The lowest BCUT2D eigenvalue weighted by Gasteiger charge is -2.28. The van der Waals surface area contributed by atoms with Crippen molar-refractivity contribution in [3.63, 3.8) is 0 Å². The molecule has 1 aliphatic heterocycles. The number of nitrogens with zero attached hydrogens (tertiary/aromatic N) is 3. The minimum absolute atomic E-state index is 0.0203. The fourth-order valence-corrected chi connectivity index (χ4v) is 3.72. The van der Waals surface area contributed by atoms with Gasteiger partial charge in [0.2, 0.25) is 5.91 Å². The first-order chi connectivity index (χ1) is 11.6. The Morgan fingerprint density at radius 2 is 1.92 bits per heavy atom. The molecule has 2 heterocycles. The van der Waals surface area contributed by atoms with Crippen LogP contribution in [-0.4, -0.2) is 60.3 Å². The van der Waals surface area contributed by atoms with Crippen molar-refractivity contribution in [3.05, 3.63) is 17.0 Å². The second kappa shape index (κ2) is 7.34. The SMILES string of the molecule is CNC(=O)CNC(=O)n1nc(C2CCN(C)CC2)c2c1CCCC2. The van der Waals surface area contributed by atoms with E-state index in [1.54, 1.807) is 7.05 Å². The van der Waals surface area contributed by atoms with Gasteiger partial charge in [-0.25, -0.2) is 4.79 Å². The van der Waals surface area contributed by atoms with Gasteiger partial charge in [0, 0.05) is 13.0 Å². The molecular formula is C17H27N5O2. The maximum atomic E-state index is 12.5. The number of likely N-dealkylation sites (N-methyl/N-ethyl adjacent to an activating group) is 1. The van der Waals surface area contributed by atoms with Gasteiger partial charge in [0.1, 0.15) is 0 Å². The number of rotatable bonds is 3. The van der Waals surface area contributed by atoms with Crippen molar-refractivity contribution in [2.75, 3.05) is 33.7 Å². The topological polar surface area (TPSA) is 79.3 Å². The Bertz CT molecular complexity index is 617. The van der Waals surface area contributed by atoms with Crippen LogP contribution in [0.4, 0.5) is 4.79 Å². The Balaban J connectivity index is 1.82. The molecule has 3 rings (SSSR count). The van der Waals surface area contributed by atoms with Gasteiger partial charge in [-0.3, -0.25) is 4.79 Å². The van der Waals surface area contributed by atoms with Gasteiger partial charge in [0.25, 0.3) is 0 Å². The number of nitrogens with one attached hydrogen (secondary N) is 2. The van der Waals surface area contributed by atoms with E-state index >= 15 is 0 Å². The van der Waals surface area contributed by atoms with E-state index in [0.29, 0.717) is 5.92 Å². The number of carbonyl (C=O) groups is 2. The normalized spacial score (nSPS) is 18.9. The number of likely N-dealkylation sites (tertiary alicyclic amines) is 1. The molecule has 0 bridgehead atoms. The van der Waals surface area contributed by atoms with Gasteiger partial charge < -0.3 is 15.5 Å². The molecule has 24 heavy (non-hydrogen) atoms. The van der Waals surface area contributed by atoms with E-state index in [9.17, 15) is 9.59 Å². The lowest BCUT2D eigenvalue weighted by atomic mass is 9.87. The zero-order chi connectivity index (χ0) is 17.1. The molecule has 132 valence electrons. The van der Waals surface area contributed by atoms with E-state index in [4.69, 9.17) is 5.10 Å². The van der Waals surface area contributed by atoms with Crippen molar-refractivity contribution in [2.24, 2.45) is 0 Å². The monoisotopic (exact) mass is 333 g/mol. The predicted molar refractivity (Wildman–Crippen MR) is 91.2 cm³/mol. The third-order valence-electron chi connectivity index (χ3n) is 5.19. The van der Waals surface area contributed by atoms with Gasteiger partial charge in [0.15, 0.2) is 0 Å². The summed E-state index contributed by atoms with van der Waals surface area (Å²) >= 11 is 0. The van der Waals surface area contributed by atoms with Crippen LogP contribution < -0.4 is 10.6 Å². The van der Waals surface area contributed by atoms with Crippen LogP contribution in [0.15, 0.2) is 0 Å². The number of hydrogen-bond donors (Lipinski definition) is 2. The molecule has 1 fully saturated rings. The highest BCUT2D eigenvalue weighted by Gasteiger charge is 2.29. The molecule has 0 atom stereocenters. The van der Waals surface area contributed by atoms with Gasteiger partial charge in [-0.1, -0.05) is 0 Å². The van der Waals surface area contributed by atoms with Crippen LogP contribution in [0.1, 0.15) is 48.6 Å². The summed E-state index contributed by atoms with van der Waals surface area (Å²) in [4.78, 5) is 26.2. The number of aromatic nitrogens is 2. The zero-order valence-electron chi connectivity index (χ0n) is 14.6. The summed E-state index contributed by atoms with van der Waals surface area (Å²) in [7, 11) is 3.71. The van der Waals surface area contributed by atoms with Gasteiger partial charge in [-0.2, -0.15) is 9.78 Å². The average molecular weight is 333 g/mol. The summed E-state index contributed by atoms with van der Waals surface area (Å²) in [6.07, 6.45) is 6.36. The van der Waals surface area contributed by atoms with Gasteiger partial charge in [-0.05, 0) is 64.2 Å². The molecule has 0 spiro atoms. The number of amides is 2. The van der Waals surface area contributed by atoms with Gasteiger partial charge >= 0.3 is 6.03 Å². The second-order valence-electron chi connectivity index (χ2n) is 6.84. The molecule has 0 aromatic carbocycles. The highest BCUT2D eigenvalue weighted by atomic mass is 16.2. The first-order valence-electron chi connectivity index (χ1n) is 8.88. The van der Waals surface area contributed by atoms with Crippen molar-refractivity contribution in [1.29, 1.82) is 0 Å². The van der Waals surface area contributed by atoms with Crippen molar-refractivity contribution >= 4 is 11.9 Å². The Morgan fingerprint density at radius 3 is 2.62 bits per heavy atom. The Labute approximate surface area is 142 Å². The number of fused-ring (bicyclic) bond motifs is 1. The standard InChI is InChI=1S/C17H27N5O2/c1-18-15(23)11-19-17(24)22-14-6-4-3-5-13(14)16(20-22)12-7-9-21(2)10-8-12/h12H,3-11H2,1-2H3,(H,18,23)(H,19,24). The van der Waals surface area contributed by atoms with Crippen LogP contribution in [0.2, 0.25) is 0 Å². The zero-order valence-corrected chi connectivity index (χ0v) is 14.6. The third kappa shape index (κ3) is 3.45. The van der Waals surface area contributed by atoms with Crippen LogP contribution in [-0.2, 0) is 17.6 Å². The van der Waals surface area contributed by atoms with Crippen molar-refractivity contribution < 1.29 is 9.59 Å². The summed E-state index contributed by atoms with van der Waals surface area (Å²) < 4.78 is 1.52. The number of carbonyl (C=O) groups excluding carboxylic acids is 2.